The van der Waals surface area contributed by atoms with E-state index in [0.29, 0.717) is 5.56 Å². The molecule has 0 spiro atoms. The molecule has 1 aromatic rings. The molecule has 0 aliphatic heterocycles. The van der Waals surface area contributed by atoms with Gasteiger partial charge in [0.05, 0.1) is 0 Å². The highest BCUT2D eigenvalue weighted by atomic mass is 32.2. The van der Waals surface area contributed by atoms with Gasteiger partial charge in [0.25, 0.3) is 16.2 Å². The van der Waals surface area contributed by atoms with Crippen molar-refractivity contribution < 1.29 is 54.0 Å². The largest absolute Gasteiger partial charge is 0.445 e. The van der Waals surface area contributed by atoms with Gasteiger partial charge < -0.3 is 9.47 Å². The Bertz CT molecular complexity index is 1040. The minimum absolute atomic E-state index is 0.0102. The maximum Gasteiger partial charge on any atom is 0.431 e. The van der Waals surface area contributed by atoms with Crippen molar-refractivity contribution in [3.8, 4) is 5.75 Å². The number of hydrogen-bond acceptors (Lipinski definition) is 6. The van der Waals surface area contributed by atoms with Gasteiger partial charge >= 0.3 is 24.0 Å². The third kappa shape index (κ3) is 6.10. The van der Waals surface area contributed by atoms with Gasteiger partial charge in [-0.05, 0) is 30.2 Å². The maximum atomic E-state index is 13.9. The molecule has 2 atom stereocenters. The summed E-state index contributed by atoms with van der Waals surface area (Å²) >= 11 is 0. The average Bonchev–Trinajstić information content (AvgIpc) is 2.99. The first-order valence-corrected chi connectivity index (χ1v) is 9.92. The van der Waals surface area contributed by atoms with Crippen LogP contribution in [0.1, 0.15) is 24.0 Å². The van der Waals surface area contributed by atoms with Gasteiger partial charge in [0.15, 0.2) is 0 Å². The number of benzene rings is 1. The third-order valence-corrected chi connectivity index (χ3v) is 4.71. The van der Waals surface area contributed by atoms with Crippen LogP contribution in [0.4, 0.5) is 22.0 Å². The van der Waals surface area contributed by atoms with Crippen molar-refractivity contribution in [1.82, 2.24) is 0 Å². The topological polar surface area (TPSA) is 107 Å². The lowest BCUT2D eigenvalue weighted by Gasteiger charge is -2.28. The summed E-state index contributed by atoms with van der Waals surface area (Å²) in [6, 6.07) is 3.84. The van der Waals surface area contributed by atoms with Crippen molar-refractivity contribution in [1.29, 1.82) is 0 Å². The van der Waals surface area contributed by atoms with Gasteiger partial charge in [0, 0.05) is 5.57 Å². The van der Waals surface area contributed by atoms with Crippen LogP contribution in [0, 0.1) is 0 Å². The second-order valence-electron chi connectivity index (χ2n) is 6.64. The Morgan fingerprint density at radius 1 is 1.23 bits per heavy atom. The van der Waals surface area contributed by atoms with E-state index in [1.807, 2.05) is 0 Å². The predicted octanol–water partition coefficient (Wildman–Crippen LogP) is 3.28. The Labute approximate surface area is 172 Å². The van der Waals surface area contributed by atoms with Crippen LogP contribution in [-0.2, 0) is 24.4 Å². The van der Waals surface area contributed by atoms with Crippen LogP contribution < -0.4 is 4.74 Å². The lowest BCUT2D eigenvalue weighted by atomic mass is 10.0. The molecule has 0 heterocycles. The zero-order valence-electron chi connectivity index (χ0n) is 15.7. The Balaban J connectivity index is 2.30. The first-order chi connectivity index (χ1) is 14.0. The molecule has 2 unspecified atom stereocenters. The molecule has 1 aromatic carbocycles. The van der Waals surface area contributed by atoms with E-state index in [0.717, 1.165) is 12.1 Å². The van der Waals surface area contributed by atoms with Crippen molar-refractivity contribution in [3.05, 3.63) is 47.6 Å². The lowest BCUT2D eigenvalue weighted by Crippen LogP contribution is -2.51. The molecule has 0 amide bonds. The van der Waals surface area contributed by atoms with E-state index < -0.39 is 51.9 Å². The molecule has 170 valence electrons. The van der Waals surface area contributed by atoms with Gasteiger partial charge in [-0.1, -0.05) is 24.8 Å². The SMILES string of the molecule is C=C(C)C(=O)Oc1ccc2c(c1)C(C(=O)OC(C(F)(F)F)C(F)(F)CS(=O)(=O)O)C=C2. The van der Waals surface area contributed by atoms with Crippen molar-refractivity contribution in [2.24, 2.45) is 0 Å². The number of carbonyl (C=O) groups is 2. The number of alkyl halides is 5. The summed E-state index contributed by atoms with van der Waals surface area (Å²) in [5.74, 6) is -12.0. The van der Waals surface area contributed by atoms with Crippen LogP contribution >= 0.6 is 0 Å². The van der Waals surface area contributed by atoms with Crippen molar-refractivity contribution >= 4 is 28.1 Å². The van der Waals surface area contributed by atoms with Crippen LogP contribution in [0.2, 0.25) is 0 Å². The average molecular weight is 470 g/mol. The van der Waals surface area contributed by atoms with Gasteiger partial charge in [0.1, 0.15) is 17.4 Å². The molecule has 1 N–H and O–H groups in total. The fraction of sp³-hybridized carbons (Fsp3) is 0.333. The quantitative estimate of drug-likeness (QED) is 0.214. The minimum Gasteiger partial charge on any atom is -0.445 e. The predicted molar refractivity (Wildman–Crippen MR) is 96.0 cm³/mol. The molecule has 0 saturated carbocycles. The summed E-state index contributed by atoms with van der Waals surface area (Å²) in [4.78, 5) is 23.9. The summed E-state index contributed by atoms with van der Waals surface area (Å²) in [6.45, 7) is 4.73. The fourth-order valence-electron chi connectivity index (χ4n) is 2.64. The molecule has 0 saturated heterocycles. The van der Waals surface area contributed by atoms with Crippen molar-refractivity contribution in [3.63, 3.8) is 0 Å². The first-order valence-electron chi connectivity index (χ1n) is 8.31. The van der Waals surface area contributed by atoms with E-state index in [4.69, 9.17) is 9.29 Å². The van der Waals surface area contributed by atoms with Crippen molar-refractivity contribution in [2.45, 2.75) is 31.0 Å². The fourth-order valence-corrected chi connectivity index (χ4v) is 3.28. The van der Waals surface area contributed by atoms with Gasteiger partial charge in [0.2, 0.25) is 0 Å². The molecule has 31 heavy (non-hydrogen) atoms. The molecule has 0 aromatic heterocycles. The van der Waals surface area contributed by atoms with E-state index in [2.05, 4.69) is 11.3 Å². The third-order valence-electron chi connectivity index (χ3n) is 3.96. The van der Waals surface area contributed by atoms with Gasteiger partial charge in [-0.15, -0.1) is 0 Å². The summed E-state index contributed by atoms with van der Waals surface area (Å²) in [6.07, 6.45) is -7.58. The molecular weight excluding hydrogens is 455 g/mol. The van der Waals surface area contributed by atoms with Crippen LogP contribution in [-0.4, -0.2) is 48.9 Å². The number of ether oxygens (including phenoxy) is 2. The highest BCUT2D eigenvalue weighted by Crippen LogP contribution is 2.39. The zero-order chi connectivity index (χ0) is 23.8. The molecule has 0 fully saturated rings. The van der Waals surface area contributed by atoms with Gasteiger partial charge in [-0.25, -0.2) is 13.6 Å². The first kappa shape index (κ1) is 24.5. The normalized spacial score (nSPS) is 17.1. The summed E-state index contributed by atoms with van der Waals surface area (Å²) in [7, 11) is -5.53. The second-order valence-corrected chi connectivity index (χ2v) is 8.10. The Morgan fingerprint density at radius 2 is 1.84 bits per heavy atom. The summed E-state index contributed by atoms with van der Waals surface area (Å²) in [5.41, 5.74) is 0.380. The summed E-state index contributed by atoms with van der Waals surface area (Å²) in [5, 5.41) is 0. The highest BCUT2D eigenvalue weighted by molar-refractivity contribution is 7.85. The van der Waals surface area contributed by atoms with Crippen LogP contribution in [0.3, 0.4) is 0 Å². The van der Waals surface area contributed by atoms with E-state index in [1.165, 1.54) is 25.1 Å². The zero-order valence-corrected chi connectivity index (χ0v) is 16.5. The molecule has 0 radical (unpaired) electrons. The number of esters is 2. The smallest absolute Gasteiger partial charge is 0.431 e. The number of rotatable bonds is 7. The Kier molecular flexibility index (Phi) is 6.62. The molecule has 2 rings (SSSR count). The number of hydrogen-bond donors (Lipinski definition) is 1. The highest BCUT2D eigenvalue weighted by Gasteiger charge is 2.60. The number of fused-ring (bicyclic) bond motifs is 1. The maximum absolute atomic E-state index is 13.9. The summed E-state index contributed by atoms with van der Waals surface area (Å²) < 4.78 is 106. The monoisotopic (exact) mass is 470 g/mol. The number of carbonyl (C=O) groups excluding carboxylic acids is 2. The standard InChI is InChI=1S/C18H15F5O7S/c1-9(2)14(24)29-11-5-3-10-4-6-12(13(10)7-11)15(25)30-16(18(21,22)23)17(19,20)8-31(26,27)28/h3-7,12,16H,1,8H2,2H3,(H,26,27,28). The second kappa shape index (κ2) is 8.38. The molecule has 1 aliphatic rings. The molecule has 1 aliphatic carbocycles. The number of halogens is 5. The lowest BCUT2D eigenvalue weighted by molar-refractivity contribution is -0.272. The molecule has 0 bridgehead atoms. The van der Waals surface area contributed by atoms with Crippen LogP contribution in [0.25, 0.3) is 6.08 Å². The van der Waals surface area contributed by atoms with E-state index in [-0.39, 0.29) is 16.9 Å². The Hall–Kier alpha value is -2.80. The van der Waals surface area contributed by atoms with Gasteiger partial charge in [-0.2, -0.15) is 21.6 Å². The molecule has 13 heteroatoms. The minimum atomic E-state index is -5.84. The van der Waals surface area contributed by atoms with Gasteiger partial charge in [-0.3, -0.25) is 9.35 Å². The molecule has 7 nitrogen and oxygen atoms in total. The van der Waals surface area contributed by atoms with Crippen LogP contribution in [0.15, 0.2) is 36.4 Å². The molecular formula is C18H15F5O7S. The van der Waals surface area contributed by atoms with E-state index in [9.17, 15) is 40.0 Å². The Morgan fingerprint density at radius 3 is 2.35 bits per heavy atom. The van der Waals surface area contributed by atoms with Crippen molar-refractivity contribution in [2.75, 3.05) is 5.75 Å². The van der Waals surface area contributed by atoms with Crippen LogP contribution in [0.5, 0.6) is 5.75 Å². The van der Waals surface area contributed by atoms with E-state index in [1.54, 1.807) is 0 Å². The van der Waals surface area contributed by atoms with E-state index >= 15 is 0 Å².